The number of nitrogens with zero attached hydrogens (tertiary/aromatic N) is 1. The lowest BCUT2D eigenvalue weighted by atomic mass is 10.2. The fraction of sp³-hybridized carbons (Fsp3) is 0.357. The highest BCUT2D eigenvalue weighted by Crippen LogP contribution is 2.13. The number of β-amino-alcohol motifs (C(OH)–C–C–N with tert-alkyl or cyclic N) is 1. The van der Waals surface area contributed by atoms with E-state index in [-0.39, 0.29) is 12.0 Å². The number of ether oxygens (including phenoxy) is 1. The van der Waals surface area contributed by atoms with Gasteiger partial charge in [-0.05, 0) is 30.2 Å². The summed E-state index contributed by atoms with van der Waals surface area (Å²) in [4.78, 5) is 13.4. The van der Waals surface area contributed by atoms with Crippen molar-refractivity contribution < 1.29 is 14.6 Å². The standard InChI is InChI=1S/C14H17NO3/c1-18-13-5-2-11(3-6-13)4-7-14(17)15-9-8-12(16)10-15/h2-7,12,16H,8-10H2,1H3/t12-/m1/s1. The number of hydrogen-bond acceptors (Lipinski definition) is 3. The Morgan fingerprint density at radius 3 is 2.72 bits per heavy atom. The highest BCUT2D eigenvalue weighted by atomic mass is 16.5. The number of likely N-dealkylation sites (tertiary alicyclic amines) is 1. The van der Waals surface area contributed by atoms with Crippen LogP contribution < -0.4 is 4.74 Å². The molecule has 1 aliphatic heterocycles. The van der Waals surface area contributed by atoms with Crippen molar-refractivity contribution in [1.82, 2.24) is 4.90 Å². The Morgan fingerprint density at radius 2 is 2.17 bits per heavy atom. The average Bonchev–Trinajstić information content (AvgIpc) is 2.83. The van der Waals surface area contributed by atoms with Gasteiger partial charge in [0.2, 0.25) is 5.91 Å². The highest BCUT2D eigenvalue weighted by molar-refractivity contribution is 5.92. The van der Waals surface area contributed by atoms with Crippen LogP contribution in [-0.4, -0.2) is 42.2 Å². The molecular formula is C14H17NO3. The van der Waals surface area contributed by atoms with Gasteiger partial charge in [-0.25, -0.2) is 0 Å². The predicted molar refractivity (Wildman–Crippen MR) is 69.2 cm³/mol. The zero-order valence-corrected chi connectivity index (χ0v) is 10.4. The van der Waals surface area contributed by atoms with Crippen LogP contribution in [0.4, 0.5) is 0 Å². The quantitative estimate of drug-likeness (QED) is 0.819. The minimum atomic E-state index is -0.372. The van der Waals surface area contributed by atoms with Crippen molar-refractivity contribution in [3.63, 3.8) is 0 Å². The second-order valence-electron chi connectivity index (χ2n) is 4.33. The molecule has 2 rings (SSSR count). The van der Waals surface area contributed by atoms with Gasteiger partial charge in [0.1, 0.15) is 5.75 Å². The van der Waals surface area contributed by atoms with Crippen LogP contribution in [0.5, 0.6) is 5.75 Å². The average molecular weight is 247 g/mol. The maximum Gasteiger partial charge on any atom is 0.246 e. The molecule has 18 heavy (non-hydrogen) atoms. The van der Waals surface area contributed by atoms with Crippen molar-refractivity contribution in [3.05, 3.63) is 35.9 Å². The minimum absolute atomic E-state index is 0.0534. The highest BCUT2D eigenvalue weighted by Gasteiger charge is 2.22. The van der Waals surface area contributed by atoms with Gasteiger partial charge >= 0.3 is 0 Å². The second-order valence-corrected chi connectivity index (χ2v) is 4.33. The maximum absolute atomic E-state index is 11.8. The SMILES string of the molecule is COc1ccc(C=CC(=O)N2CC[C@@H](O)C2)cc1. The Hall–Kier alpha value is -1.81. The first kappa shape index (κ1) is 12.6. The lowest BCUT2D eigenvalue weighted by molar-refractivity contribution is -0.125. The predicted octanol–water partition coefficient (Wildman–Crippen LogP) is 1.30. The summed E-state index contributed by atoms with van der Waals surface area (Å²) in [6.07, 6.45) is 3.61. The molecule has 0 radical (unpaired) electrons. The second kappa shape index (κ2) is 5.69. The van der Waals surface area contributed by atoms with Crippen LogP contribution in [0.2, 0.25) is 0 Å². The molecule has 1 aromatic carbocycles. The number of rotatable bonds is 3. The Kier molecular flexibility index (Phi) is 3.99. The molecule has 0 aliphatic carbocycles. The Morgan fingerprint density at radius 1 is 1.44 bits per heavy atom. The van der Waals surface area contributed by atoms with Gasteiger partial charge in [-0.3, -0.25) is 4.79 Å². The van der Waals surface area contributed by atoms with Gasteiger partial charge < -0.3 is 14.7 Å². The summed E-state index contributed by atoms with van der Waals surface area (Å²) in [5.41, 5.74) is 0.948. The van der Waals surface area contributed by atoms with Gasteiger partial charge in [0.25, 0.3) is 0 Å². The van der Waals surface area contributed by atoms with E-state index in [0.29, 0.717) is 19.5 Å². The third-order valence-corrected chi connectivity index (χ3v) is 3.01. The van der Waals surface area contributed by atoms with Crippen molar-refractivity contribution in [2.45, 2.75) is 12.5 Å². The minimum Gasteiger partial charge on any atom is -0.497 e. The summed E-state index contributed by atoms with van der Waals surface area (Å²) in [6.45, 7) is 1.07. The van der Waals surface area contributed by atoms with E-state index in [1.807, 2.05) is 24.3 Å². The van der Waals surface area contributed by atoms with E-state index in [4.69, 9.17) is 4.74 Å². The van der Waals surface area contributed by atoms with Crippen LogP contribution in [0, 0.1) is 0 Å². The number of aliphatic hydroxyl groups excluding tert-OH is 1. The summed E-state index contributed by atoms with van der Waals surface area (Å²) in [5.74, 6) is 0.739. The molecule has 0 unspecified atom stereocenters. The lowest BCUT2D eigenvalue weighted by Gasteiger charge is -2.12. The van der Waals surface area contributed by atoms with Crippen molar-refractivity contribution in [1.29, 1.82) is 0 Å². The Balaban J connectivity index is 1.95. The number of methoxy groups -OCH3 is 1. The van der Waals surface area contributed by atoms with E-state index in [9.17, 15) is 9.90 Å². The smallest absolute Gasteiger partial charge is 0.246 e. The lowest BCUT2D eigenvalue weighted by Crippen LogP contribution is -2.27. The number of benzene rings is 1. The van der Waals surface area contributed by atoms with Crippen molar-refractivity contribution in [2.24, 2.45) is 0 Å². The van der Waals surface area contributed by atoms with E-state index in [2.05, 4.69) is 0 Å². The zero-order valence-electron chi connectivity index (χ0n) is 10.4. The first-order chi connectivity index (χ1) is 8.69. The van der Waals surface area contributed by atoms with Crippen molar-refractivity contribution >= 4 is 12.0 Å². The van der Waals surface area contributed by atoms with Gasteiger partial charge in [0, 0.05) is 19.2 Å². The molecule has 4 heteroatoms. The van der Waals surface area contributed by atoms with E-state index >= 15 is 0 Å². The summed E-state index contributed by atoms with van der Waals surface area (Å²) >= 11 is 0. The van der Waals surface area contributed by atoms with Crippen LogP contribution >= 0.6 is 0 Å². The van der Waals surface area contributed by atoms with Crippen LogP contribution in [0.1, 0.15) is 12.0 Å². The number of hydrogen-bond donors (Lipinski definition) is 1. The number of carbonyl (C=O) groups excluding carboxylic acids is 1. The molecule has 1 aromatic rings. The molecule has 0 saturated carbocycles. The number of aliphatic hydroxyl groups is 1. The maximum atomic E-state index is 11.8. The molecule has 1 aliphatic rings. The van der Waals surface area contributed by atoms with Gasteiger partial charge in [-0.2, -0.15) is 0 Å². The molecule has 96 valence electrons. The van der Waals surface area contributed by atoms with Crippen molar-refractivity contribution in [2.75, 3.05) is 20.2 Å². The molecule has 1 N–H and O–H groups in total. The topological polar surface area (TPSA) is 49.8 Å². The Bertz CT molecular complexity index is 439. The number of carbonyl (C=O) groups is 1. The van der Waals surface area contributed by atoms with Crippen LogP contribution in [0.3, 0.4) is 0 Å². The molecule has 1 saturated heterocycles. The summed E-state index contributed by atoms with van der Waals surface area (Å²) < 4.78 is 5.06. The molecule has 0 bridgehead atoms. The number of amides is 1. The molecule has 0 spiro atoms. The zero-order chi connectivity index (χ0) is 13.0. The summed E-state index contributed by atoms with van der Waals surface area (Å²) in [6, 6.07) is 7.48. The molecule has 1 amide bonds. The summed E-state index contributed by atoms with van der Waals surface area (Å²) in [5, 5.41) is 9.36. The normalized spacial score (nSPS) is 19.4. The van der Waals surface area contributed by atoms with Crippen LogP contribution in [0.15, 0.2) is 30.3 Å². The van der Waals surface area contributed by atoms with E-state index in [1.165, 1.54) is 0 Å². The van der Waals surface area contributed by atoms with Gasteiger partial charge in [-0.1, -0.05) is 12.1 Å². The summed E-state index contributed by atoms with van der Waals surface area (Å²) in [7, 11) is 1.62. The van der Waals surface area contributed by atoms with Gasteiger partial charge in [0.05, 0.1) is 13.2 Å². The Labute approximate surface area is 106 Å². The molecular weight excluding hydrogens is 230 g/mol. The van der Waals surface area contributed by atoms with Gasteiger partial charge in [0.15, 0.2) is 0 Å². The van der Waals surface area contributed by atoms with Crippen LogP contribution in [0.25, 0.3) is 6.08 Å². The van der Waals surface area contributed by atoms with Crippen molar-refractivity contribution in [3.8, 4) is 5.75 Å². The van der Waals surface area contributed by atoms with E-state index in [0.717, 1.165) is 11.3 Å². The van der Waals surface area contributed by atoms with Gasteiger partial charge in [-0.15, -0.1) is 0 Å². The third kappa shape index (κ3) is 3.11. The first-order valence-electron chi connectivity index (χ1n) is 5.98. The molecule has 1 fully saturated rings. The molecule has 1 atom stereocenters. The largest absolute Gasteiger partial charge is 0.497 e. The fourth-order valence-electron chi connectivity index (χ4n) is 1.93. The third-order valence-electron chi connectivity index (χ3n) is 3.01. The first-order valence-corrected chi connectivity index (χ1v) is 5.98. The molecule has 1 heterocycles. The van der Waals surface area contributed by atoms with E-state index < -0.39 is 0 Å². The molecule has 0 aromatic heterocycles. The fourth-order valence-corrected chi connectivity index (χ4v) is 1.93. The molecule has 4 nitrogen and oxygen atoms in total. The van der Waals surface area contributed by atoms with E-state index in [1.54, 1.807) is 24.2 Å². The monoisotopic (exact) mass is 247 g/mol. The van der Waals surface area contributed by atoms with Crippen LogP contribution in [-0.2, 0) is 4.79 Å².